The highest BCUT2D eigenvalue weighted by atomic mass is 15.1. The normalized spacial score (nSPS) is 12.2. The monoisotopic (exact) mass is 140 g/mol. The lowest BCUT2D eigenvalue weighted by Crippen LogP contribution is -2.09. The van der Waals surface area contributed by atoms with Gasteiger partial charge >= 0.3 is 0 Å². The van der Waals surface area contributed by atoms with Crippen molar-refractivity contribution < 1.29 is 0 Å². The molecule has 0 atom stereocenters. The fourth-order valence-corrected chi connectivity index (χ4v) is 0.672. The van der Waals surface area contributed by atoms with Gasteiger partial charge in [-0.1, -0.05) is 6.08 Å². The van der Waals surface area contributed by atoms with Gasteiger partial charge in [-0.2, -0.15) is 0 Å². The van der Waals surface area contributed by atoms with E-state index in [1.54, 1.807) is 0 Å². The first-order chi connectivity index (χ1) is 4.72. The number of hydrogen-bond acceptors (Lipinski definition) is 2. The summed E-state index contributed by atoms with van der Waals surface area (Å²) in [6, 6.07) is 0. The zero-order valence-electron chi connectivity index (χ0n) is 7.18. The van der Waals surface area contributed by atoms with Crippen LogP contribution in [0.25, 0.3) is 0 Å². The van der Waals surface area contributed by atoms with Crippen molar-refractivity contribution in [2.75, 3.05) is 21.1 Å². The number of rotatable bonds is 3. The molecule has 0 fully saturated rings. The van der Waals surface area contributed by atoms with Crippen LogP contribution >= 0.6 is 0 Å². The molecule has 0 unspecified atom stereocenters. The molecule has 0 aliphatic heterocycles. The van der Waals surface area contributed by atoms with Gasteiger partial charge in [-0.05, 0) is 19.2 Å². The van der Waals surface area contributed by atoms with E-state index in [4.69, 9.17) is 0 Å². The van der Waals surface area contributed by atoms with Crippen molar-refractivity contribution in [2.45, 2.75) is 6.92 Å². The smallest absolute Gasteiger partial charge is 0.0332 e. The predicted molar refractivity (Wildman–Crippen MR) is 45.6 cm³/mol. The molecule has 58 valence electrons. The summed E-state index contributed by atoms with van der Waals surface area (Å²) in [4.78, 5) is 2.06. The third kappa shape index (κ3) is 3.17. The van der Waals surface area contributed by atoms with Crippen molar-refractivity contribution >= 4 is 0 Å². The van der Waals surface area contributed by atoms with Gasteiger partial charge in [-0.25, -0.2) is 0 Å². The highest BCUT2D eigenvalue weighted by Crippen LogP contribution is 1.97. The molecule has 2 heteroatoms. The average Bonchev–Trinajstić information content (AvgIpc) is 1.89. The van der Waals surface area contributed by atoms with Gasteiger partial charge in [0.1, 0.15) is 0 Å². The van der Waals surface area contributed by atoms with Crippen LogP contribution in [0.1, 0.15) is 6.92 Å². The second-order valence-corrected chi connectivity index (χ2v) is 2.23. The summed E-state index contributed by atoms with van der Waals surface area (Å²) in [5.41, 5.74) is 1.20. The van der Waals surface area contributed by atoms with E-state index < -0.39 is 0 Å². The maximum atomic E-state index is 2.94. The molecule has 0 rings (SSSR count). The van der Waals surface area contributed by atoms with Crippen molar-refractivity contribution in [2.24, 2.45) is 0 Å². The molecule has 0 saturated carbocycles. The molecule has 0 spiro atoms. The maximum Gasteiger partial charge on any atom is 0.0332 e. The molecule has 1 N–H and O–H groups in total. The summed E-state index contributed by atoms with van der Waals surface area (Å²) in [5.74, 6) is 0. The molecule has 0 radical (unpaired) electrons. The number of allylic oxidation sites excluding steroid dienone is 2. The van der Waals surface area contributed by atoms with E-state index in [0.717, 1.165) is 0 Å². The molecule has 0 saturated heterocycles. The molecule has 0 aromatic rings. The minimum Gasteiger partial charge on any atom is -0.394 e. The minimum absolute atomic E-state index is 1.20. The van der Waals surface area contributed by atoms with Gasteiger partial charge in [0, 0.05) is 26.8 Å². The van der Waals surface area contributed by atoms with Crippen molar-refractivity contribution in [3.05, 3.63) is 24.0 Å². The summed E-state index contributed by atoms with van der Waals surface area (Å²) in [6.45, 7) is 2.02. The fourth-order valence-electron chi connectivity index (χ4n) is 0.672. The zero-order valence-corrected chi connectivity index (χ0v) is 7.18. The second kappa shape index (κ2) is 4.91. The maximum absolute atomic E-state index is 2.94. The minimum atomic E-state index is 1.20. The summed E-state index contributed by atoms with van der Waals surface area (Å²) in [6.07, 6.45) is 6.00. The number of hydrogen-bond donors (Lipinski definition) is 1. The van der Waals surface area contributed by atoms with E-state index in [2.05, 4.69) is 16.3 Å². The lowest BCUT2D eigenvalue weighted by Gasteiger charge is -2.12. The standard InChI is InChI=1S/C8H16N2/c1-5-8(10(3)4)6-7-9-2/h5-7,9H,1-4H3/b7-6-,8-5+. The highest BCUT2D eigenvalue weighted by molar-refractivity contribution is 5.14. The quantitative estimate of drug-likeness (QED) is 0.592. The molecule has 0 aromatic heterocycles. The van der Waals surface area contributed by atoms with Crippen LogP contribution in [-0.2, 0) is 0 Å². The Bertz CT molecular complexity index is 134. The Morgan fingerprint density at radius 2 is 2.00 bits per heavy atom. The van der Waals surface area contributed by atoms with Crippen LogP contribution in [0.4, 0.5) is 0 Å². The Balaban J connectivity index is 3.98. The number of likely N-dealkylation sites (N-methyl/N-ethyl adjacent to an activating group) is 1. The van der Waals surface area contributed by atoms with Crippen LogP contribution < -0.4 is 5.32 Å². The summed E-state index contributed by atoms with van der Waals surface area (Å²) >= 11 is 0. The topological polar surface area (TPSA) is 15.3 Å². The van der Waals surface area contributed by atoms with Crippen LogP contribution in [0, 0.1) is 0 Å². The summed E-state index contributed by atoms with van der Waals surface area (Å²) in [7, 11) is 5.93. The van der Waals surface area contributed by atoms with Crippen LogP contribution in [0.3, 0.4) is 0 Å². The highest BCUT2D eigenvalue weighted by Gasteiger charge is 1.89. The van der Waals surface area contributed by atoms with Crippen molar-refractivity contribution in [1.29, 1.82) is 0 Å². The fraction of sp³-hybridized carbons (Fsp3) is 0.500. The molecule has 10 heavy (non-hydrogen) atoms. The predicted octanol–water partition coefficient (Wildman–Crippen LogP) is 1.18. The first-order valence-electron chi connectivity index (χ1n) is 3.39. The lowest BCUT2D eigenvalue weighted by atomic mass is 10.4. The van der Waals surface area contributed by atoms with E-state index in [-0.39, 0.29) is 0 Å². The lowest BCUT2D eigenvalue weighted by molar-refractivity contribution is 0.528. The molecule has 0 aliphatic carbocycles. The molecule has 2 nitrogen and oxygen atoms in total. The van der Waals surface area contributed by atoms with E-state index in [0.29, 0.717) is 0 Å². The number of nitrogens with zero attached hydrogens (tertiary/aromatic N) is 1. The van der Waals surface area contributed by atoms with Crippen molar-refractivity contribution in [1.82, 2.24) is 10.2 Å². The molecular weight excluding hydrogens is 124 g/mol. The first-order valence-corrected chi connectivity index (χ1v) is 3.39. The average molecular weight is 140 g/mol. The van der Waals surface area contributed by atoms with Gasteiger partial charge in [-0.3, -0.25) is 0 Å². The van der Waals surface area contributed by atoms with Gasteiger partial charge in [0.2, 0.25) is 0 Å². The molecule has 0 amide bonds. The molecule has 0 aliphatic rings. The van der Waals surface area contributed by atoms with Crippen LogP contribution in [0.15, 0.2) is 24.0 Å². The van der Waals surface area contributed by atoms with Crippen molar-refractivity contribution in [3.8, 4) is 0 Å². The third-order valence-electron chi connectivity index (χ3n) is 1.23. The van der Waals surface area contributed by atoms with Gasteiger partial charge in [0.25, 0.3) is 0 Å². The molecular formula is C8H16N2. The Morgan fingerprint density at radius 3 is 2.30 bits per heavy atom. The van der Waals surface area contributed by atoms with Crippen LogP contribution in [0.2, 0.25) is 0 Å². The molecule has 0 heterocycles. The van der Waals surface area contributed by atoms with E-state index >= 15 is 0 Å². The Morgan fingerprint density at radius 1 is 1.40 bits per heavy atom. The SMILES string of the molecule is C/C=C(\C=C/NC)N(C)C. The third-order valence-corrected chi connectivity index (χ3v) is 1.23. The van der Waals surface area contributed by atoms with Crippen LogP contribution in [-0.4, -0.2) is 26.0 Å². The van der Waals surface area contributed by atoms with E-state index in [1.165, 1.54) is 5.70 Å². The van der Waals surface area contributed by atoms with E-state index in [1.807, 2.05) is 40.3 Å². The van der Waals surface area contributed by atoms with Gasteiger partial charge in [0.05, 0.1) is 0 Å². The van der Waals surface area contributed by atoms with Crippen LogP contribution in [0.5, 0.6) is 0 Å². The zero-order chi connectivity index (χ0) is 7.98. The Kier molecular flexibility index (Phi) is 4.46. The number of nitrogens with one attached hydrogen (secondary N) is 1. The second-order valence-electron chi connectivity index (χ2n) is 2.23. The largest absolute Gasteiger partial charge is 0.394 e. The van der Waals surface area contributed by atoms with Gasteiger partial charge in [0.15, 0.2) is 0 Å². The Hall–Kier alpha value is -0.920. The van der Waals surface area contributed by atoms with Gasteiger partial charge < -0.3 is 10.2 Å². The Labute approximate surface area is 63.2 Å². The summed E-state index contributed by atoms with van der Waals surface area (Å²) in [5, 5.41) is 2.94. The van der Waals surface area contributed by atoms with E-state index in [9.17, 15) is 0 Å². The molecule has 0 bridgehead atoms. The summed E-state index contributed by atoms with van der Waals surface area (Å²) < 4.78 is 0. The first kappa shape index (κ1) is 9.08. The van der Waals surface area contributed by atoms with Gasteiger partial charge in [-0.15, -0.1) is 0 Å². The molecule has 0 aromatic carbocycles. The van der Waals surface area contributed by atoms with Crippen molar-refractivity contribution in [3.63, 3.8) is 0 Å².